The molecule has 1 N–H and O–H groups in total. The molecule has 1 aromatic heterocycles. The van der Waals surface area contributed by atoms with Crippen molar-refractivity contribution in [3.05, 3.63) is 16.6 Å². The Kier molecular flexibility index (Phi) is 5.96. The largest absolute Gasteiger partial charge is 0.378 e. The molecule has 96 valence electrons. The molecule has 4 heteroatoms. The summed E-state index contributed by atoms with van der Waals surface area (Å²) in [6, 6.07) is 0. The highest BCUT2D eigenvalue weighted by atomic mass is 32.1. The summed E-state index contributed by atoms with van der Waals surface area (Å²) in [5, 5.41) is 6.58. The predicted octanol–water partition coefficient (Wildman–Crippen LogP) is 2.97. The van der Waals surface area contributed by atoms with E-state index in [2.05, 4.69) is 10.3 Å². The van der Waals surface area contributed by atoms with Crippen molar-refractivity contribution in [2.75, 3.05) is 13.2 Å². The maximum absolute atomic E-state index is 5.87. The molecule has 2 rings (SSSR count). The average molecular weight is 254 g/mol. The lowest BCUT2D eigenvalue weighted by Crippen LogP contribution is -2.20. The van der Waals surface area contributed by atoms with Crippen LogP contribution in [0.15, 0.2) is 11.6 Å². The third-order valence-electron chi connectivity index (χ3n) is 3.16. The molecular formula is C13H22N2OS. The van der Waals surface area contributed by atoms with Gasteiger partial charge in [0.15, 0.2) is 0 Å². The number of hydrogen-bond donors (Lipinski definition) is 1. The van der Waals surface area contributed by atoms with E-state index in [1.165, 1.54) is 32.1 Å². The van der Waals surface area contributed by atoms with Crippen LogP contribution in [-0.2, 0) is 11.3 Å². The molecule has 0 radical (unpaired) electrons. The summed E-state index contributed by atoms with van der Waals surface area (Å²) in [4.78, 5) is 4.23. The molecule has 1 heterocycles. The number of thiazole rings is 1. The van der Waals surface area contributed by atoms with Crippen LogP contribution in [0.1, 0.15) is 43.5 Å². The molecule has 0 amide bonds. The highest BCUT2D eigenvalue weighted by molar-refractivity contribution is 7.09. The Balaban J connectivity index is 1.43. The van der Waals surface area contributed by atoms with E-state index in [-0.39, 0.29) is 0 Å². The van der Waals surface area contributed by atoms with Crippen LogP contribution in [0.25, 0.3) is 0 Å². The second-order valence-electron chi connectivity index (χ2n) is 4.59. The summed E-state index contributed by atoms with van der Waals surface area (Å²) in [6.07, 6.45) is 10.1. The molecule has 0 aliphatic heterocycles. The SMILES string of the molecule is c1csc(CNCCCOC2CCCCC2)n1. The van der Waals surface area contributed by atoms with E-state index in [4.69, 9.17) is 4.74 Å². The summed E-state index contributed by atoms with van der Waals surface area (Å²) >= 11 is 1.70. The molecule has 17 heavy (non-hydrogen) atoms. The van der Waals surface area contributed by atoms with Gasteiger partial charge in [-0.3, -0.25) is 0 Å². The fraction of sp³-hybridized carbons (Fsp3) is 0.769. The summed E-state index contributed by atoms with van der Waals surface area (Å²) < 4.78 is 5.87. The van der Waals surface area contributed by atoms with Gasteiger partial charge in [-0.15, -0.1) is 11.3 Å². The smallest absolute Gasteiger partial charge is 0.106 e. The van der Waals surface area contributed by atoms with Gasteiger partial charge in [-0.2, -0.15) is 0 Å². The maximum atomic E-state index is 5.87. The molecule has 0 spiro atoms. The minimum Gasteiger partial charge on any atom is -0.378 e. The number of nitrogens with zero attached hydrogens (tertiary/aromatic N) is 1. The van der Waals surface area contributed by atoms with Gasteiger partial charge in [-0.25, -0.2) is 4.98 Å². The number of hydrogen-bond acceptors (Lipinski definition) is 4. The van der Waals surface area contributed by atoms with Crippen molar-refractivity contribution < 1.29 is 4.74 Å². The van der Waals surface area contributed by atoms with Crippen molar-refractivity contribution in [2.45, 2.75) is 51.2 Å². The first-order valence-electron chi connectivity index (χ1n) is 6.66. The van der Waals surface area contributed by atoms with Crippen LogP contribution < -0.4 is 5.32 Å². The van der Waals surface area contributed by atoms with Crippen molar-refractivity contribution in [2.24, 2.45) is 0 Å². The normalized spacial score (nSPS) is 17.4. The van der Waals surface area contributed by atoms with Crippen LogP contribution in [0.5, 0.6) is 0 Å². The Morgan fingerprint density at radius 2 is 2.24 bits per heavy atom. The monoisotopic (exact) mass is 254 g/mol. The molecule has 1 fully saturated rings. The number of rotatable bonds is 7. The summed E-state index contributed by atoms with van der Waals surface area (Å²) in [6.45, 7) is 2.81. The Labute approximate surface area is 108 Å². The lowest BCUT2D eigenvalue weighted by molar-refractivity contribution is 0.0273. The number of nitrogens with one attached hydrogen (secondary N) is 1. The molecule has 1 aliphatic carbocycles. The van der Waals surface area contributed by atoms with Crippen LogP contribution in [-0.4, -0.2) is 24.2 Å². The van der Waals surface area contributed by atoms with Gasteiger partial charge >= 0.3 is 0 Å². The molecule has 0 bridgehead atoms. The summed E-state index contributed by atoms with van der Waals surface area (Å²) in [5.41, 5.74) is 0. The van der Waals surface area contributed by atoms with Crippen LogP contribution in [0.3, 0.4) is 0 Å². The summed E-state index contributed by atoms with van der Waals surface area (Å²) in [5.74, 6) is 0. The topological polar surface area (TPSA) is 34.1 Å². The Hall–Kier alpha value is -0.450. The molecule has 0 aromatic carbocycles. The third-order valence-corrected chi connectivity index (χ3v) is 3.94. The van der Waals surface area contributed by atoms with E-state index in [1.54, 1.807) is 11.3 Å². The highest BCUT2D eigenvalue weighted by Gasteiger charge is 2.12. The zero-order valence-electron chi connectivity index (χ0n) is 10.4. The Bertz CT molecular complexity index is 284. The predicted molar refractivity (Wildman–Crippen MR) is 71.3 cm³/mol. The van der Waals surface area contributed by atoms with Gasteiger partial charge in [0.05, 0.1) is 6.10 Å². The van der Waals surface area contributed by atoms with E-state index in [0.29, 0.717) is 6.10 Å². The fourth-order valence-electron chi connectivity index (χ4n) is 2.21. The lowest BCUT2D eigenvalue weighted by Gasteiger charge is -2.21. The van der Waals surface area contributed by atoms with Crippen LogP contribution in [0.2, 0.25) is 0 Å². The zero-order valence-corrected chi connectivity index (χ0v) is 11.2. The maximum Gasteiger partial charge on any atom is 0.106 e. The summed E-state index contributed by atoms with van der Waals surface area (Å²) in [7, 11) is 0. The third kappa shape index (κ3) is 5.15. The van der Waals surface area contributed by atoms with Crippen molar-refractivity contribution >= 4 is 11.3 Å². The van der Waals surface area contributed by atoms with Crippen LogP contribution >= 0.6 is 11.3 Å². The first-order chi connectivity index (χ1) is 8.45. The fourth-order valence-corrected chi connectivity index (χ4v) is 2.80. The van der Waals surface area contributed by atoms with Gasteiger partial charge in [0.25, 0.3) is 0 Å². The molecule has 1 aromatic rings. The second kappa shape index (κ2) is 7.80. The molecule has 1 aliphatic rings. The minimum atomic E-state index is 0.544. The molecule has 0 saturated heterocycles. The zero-order chi connectivity index (χ0) is 11.8. The van der Waals surface area contributed by atoms with Gasteiger partial charge in [-0.05, 0) is 25.8 Å². The molecule has 0 unspecified atom stereocenters. The van der Waals surface area contributed by atoms with Crippen molar-refractivity contribution in [1.82, 2.24) is 10.3 Å². The van der Waals surface area contributed by atoms with Gasteiger partial charge < -0.3 is 10.1 Å². The molecular weight excluding hydrogens is 232 g/mol. The standard InChI is InChI=1S/C13H22N2OS/c1-2-5-12(6-3-1)16-9-4-7-14-11-13-15-8-10-17-13/h8,10,12,14H,1-7,9,11H2. The molecule has 3 nitrogen and oxygen atoms in total. The first kappa shape index (κ1) is 13.0. The van der Waals surface area contributed by atoms with E-state index in [9.17, 15) is 0 Å². The highest BCUT2D eigenvalue weighted by Crippen LogP contribution is 2.20. The van der Waals surface area contributed by atoms with Crippen molar-refractivity contribution in [3.63, 3.8) is 0 Å². The lowest BCUT2D eigenvalue weighted by atomic mass is 9.98. The molecule has 0 atom stereocenters. The Morgan fingerprint density at radius 3 is 3.00 bits per heavy atom. The quantitative estimate of drug-likeness (QED) is 0.760. The van der Waals surface area contributed by atoms with Gasteiger partial charge in [0, 0.05) is 24.7 Å². The minimum absolute atomic E-state index is 0.544. The van der Waals surface area contributed by atoms with Gasteiger partial charge in [-0.1, -0.05) is 19.3 Å². The van der Waals surface area contributed by atoms with E-state index in [1.807, 2.05) is 11.6 Å². The van der Waals surface area contributed by atoms with E-state index < -0.39 is 0 Å². The van der Waals surface area contributed by atoms with Gasteiger partial charge in [0.2, 0.25) is 0 Å². The number of aromatic nitrogens is 1. The average Bonchev–Trinajstić information content (AvgIpc) is 2.88. The van der Waals surface area contributed by atoms with E-state index >= 15 is 0 Å². The van der Waals surface area contributed by atoms with E-state index in [0.717, 1.165) is 31.1 Å². The second-order valence-corrected chi connectivity index (χ2v) is 5.57. The molecule has 1 saturated carbocycles. The Morgan fingerprint density at radius 1 is 1.35 bits per heavy atom. The first-order valence-corrected chi connectivity index (χ1v) is 7.54. The van der Waals surface area contributed by atoms with Crippen LogP contribution in [0, 0.1) is 0 Å². The van der Waals surface area contributed by atoms with Crippen molar-refractivity contribution in [1.29, 1.82) is 0 Å². The number of ether oxygens (including phenoxy) is 1. The van der Waals surface area contributed by atoms with Gasteiger partial charge in [0.1, 0.15) is 5.01 Å². The van der Waals surface area contributed by atoms with Crippen molar-refractivity contribution in [3.8, 4) is 0 Å². The van der Waals surface area contributed by atoms with Crippen LogP contribution in [0.4, 0.5) is 0 Å².